The highest BCUT2D eigenvalue weighted by Gasteiger charge is 2.56. The average molecular weight is 637 g/mol. The predicted molar refractivity (Wildman–Crippen MR) is 177 cm³/mol. The van der Waals surface area contributed by atoms with E-state index < -0.39 is 29.6 Å². The summed E-state index contributed by atoms with van der Waals surface area (Å²) in [4.78, 5) is 2.10. The standard InChI is InChI=1S/C35H39F3N2O2SSi/c1-24(2)27-22-31(25(3)4)33(32(23-27)26(5)6)43(41,42)40-39-34(35(36,37)38)44(28-16-10-7-11-17-28,29-18-12-8-13-19-29)30-20-14-9-15-21-30/h7-26,40H,1-6H3. The Labute approximate surface area is 260 Å². The highest BCUT2D eigenvalue weighted by atomic mass is 32.2. The van der Waals surface area contributed by atoms with E-state index in [1.54, 1.807) is 91.0 Å². The number of rotatable bonds is 10. The Hall–Kier alpha value is -3.69. The van der Waals surface area contributed by atoms with E-state index in [1.165, 1.54) is 0 Å². The van der Waals surface area contributed by atoms with Crippen LogP contribution in [0.3, 0.4) is 0 Å². The van der Waals surface area contributed by atoms with Crippen LogP contribution in [0.2, 0.25) is 0 Å². The Morgan fingerprint density at radius 2 is 1.02 bits per heavy atom. The second kappa shape index (κ2) is 13.1. The first-order valence-electron chi connectivity index (χ1n) is 14.7. The SMILES string of the molecule is CC(C)c1cc(C(C)C)c(S(=O)(=O)NN=C(C(F)(F)F)[Si](c2ccccc2)(c2ccccc2)c2ccccc2)c(C(C)C)c1. The minimum Gasteiger partial charge on any atom is -0.200 e. The molecule has 9 heteroatoms. The molecule has 0 amide bonds. The Balaban J connectivity index is 2.06. The number of nitrogens with one attached hydrogen (secondary N) is 1. The van der Waals surface area contributed by atoms with Crippen molar-refractivity contribution in [1.29, 1.82) is 0 Å². The fourth-order valence-corrected chi connectivity index (χ4v) is 11.8. The molecule has 232 valence electrons. The van der Waals surface area contributed by atoms with Crippen LogP contribution in [0.4, 0.5) is 13.2 Å². The van der Waals surface area contributed by atoms with Gasteiger partial charge in [0.2, 0.25) is 8.07 Å². The summed E-state index contributed by atoms with van der Waals surface area (Å²) >= 11 is 0. The van der Waals surface area contributed by atoms with E-state index in [1.807, 2.05) is 53.7 Å². The first kappa shape index (κ1) is 33.2. The maximum Gasteiger partial charge on any atom is 0.428 e. The molecule has 0 aliphatic heterocycles. The molecular weight excluding hydrogens is 598 g/mol. The summed E-state index contributed by atoms with van der Waals surface area (Å²) in [5, 5.41) is 4.05. The Kier molecular flexibility index (Phi) is 9.90. The molecule has 0 aromatic heterocycles. The number of alkyl halides is 3. The van der Waals surface area contributed by atoms with Crippen LogP contribution in [-0.2, 0) is 10.0 Å². The summed E-state index contributed by atoms with van der Waals surface area (Å²) in [7, 11) is -8.72. The van der Waals surface area contributed by atoms with Gasteiger partial charge in [-0.25, -0.2) is 4.83 Å². The zero-order chi connectivity index (χ0) is 32.3. The number of hydrazone groups is 1. The molecule has 0 saturated carbocycles. The number of nitrogens with zero attached hydrogens (tertiary/aromatic N) is 1. The summed E-state index contributed by atoms with van der Waals surface area (Å²) in [6.45, 7) is 11.6. The zero-order valence-corrected chi connectivity index (χ0v) is 27.7. The van der Waals surface area contributed by atoms with Gasteiger partial charge in [0.25, 0.3) is 10.0 Å². The number of hydrogen-bond acceptors (Lipinski definition) is 3. The average Bonchev–Trinajstić information content (AvgIpc) is 2.99. The summed E-state index contributed by atoms with van der Waals surface area (Å²) in [5.41, 5.74) is 2.07. The third kappa shape index (κ3) is 6.54. The number of halogens is 3. The second-order valence-corrected chi connectivity index (χ2v) is 17.2. The molecule has 4 aromatic rings. The van der Waals surface area contributed by atoms with Gasteiger partial charge in [-0.05, 0) is 50.0 Å². The van der Waals surface area contributed by atoms with Gasteiger partial charge in [0.15, 0.2) is 0 Å². The van der Waals surface area contributed by atoms with Crippen molar-refractivity contribution < 1.29 is 21.6 Å². The van der Waals surface area contributed by atoms with Crippen molar-refractivity contribution >= 4 is 39.0 Å². The predicted octanol–water partition coefficient (Wildman–Crippen LogP) is 6.96. The molecule has 1 N–H and O–H groups in total. The summed E-state index contributed by atoms with van der Waals surface area (Å²) < 4.78 is 74.7. The Bertz CT molecular complexity index is 1580. The topological polar surface area (TPSA) is 58.5 Å². The van der Waals surface area contributed by atoms with Crippen molar-refractivity contribution in [2.45, 2.75) is 70.4 Å². The van der Waals surface area contributed by atoms with Crippen molar-refractivity contribution in [3.05, 3.63) is 120 Å². The normalized spacial score (nSPS) is 13.1. The summed E-state index contributed by atoms with van der Waals surface area (Å²) in [6, 6.07) is 29.1. The van der Waals surface area contributed by atoms with Crippen LogP contribution in [0, 0.1) is 0 Å². The largest absolute Gasteiger partial charge is 0.428 e. The molecule has 0 aliphatic carbocycles. The molecule has 0 bridgehead atoms. The second-order valence-electron chi connectivity index (χ2n) is 11.9. The van der Waals surface area contributed by atoms with Crippen LogP contribution >= 0.6 is 0 Å². The Morgan fingerprint density at radius 3 is 1.32 bits per heavy atom. The van der Waals surface area contributed by atoms with Crippen LogP contribution in [0.5, 0.6) is 0 Å². The van der Waals surface area contributed by atoms with Gasteiger partial charge in [0, 0.05) is 0 Å². The van der Waals surface area contributed by atoms with E-state index in [4.69, 9.17) is 0 Å². The van der Waals surface area contributed by atoms with Crippen LogP contribution in [0.25, 0.3) is 0 Å². The smallest absolute Gasteiger partial charge is 0.200 e. The molecule has 0 unspecified atom stereocenters. The quantitative estimate of drug-likeness (QED) is 0.0886. The molecule has 0 aliphatic rings. The fourth-order valence-electron chi connectivity index (χ4n) is 5.69. The third-order valence-corrected chi connectivity index (χ3v) is 13.9. The van der Waals surface area contributed by atoms with Crippen LogP contribution in [0.1, 0.15) is 76.0 Å². The molecule has 44 heavy (non-hydrogen) atoms. The van der Waals surface area contributed by atoms with Crippen LogP contribution in [0.15, 0.2) is 113 Å². The monoisotopic (exact) mass is 636 g/mol. The van der Waals surface area contributed by atoms with E-state index in [-0.39, 0.29) is 22.6 Å². The lowest BCUT2D eigenvalue weighted by atomic mass is 9.89. The molecule has 0 heterocycles. The van der Waals surface area contributed by atoms with Gasteiger partial charge in [-0.15, -0.1) is 0 Å². The third-order valence-electron chi connectivity index (χ3n) is 7.87. The lowest BCUT2D eigenvalue weighted by Crippen LogP contribution is -2.75. The van der Waals surface area contributed by atoms with E-state index >= 15 is 13.2 Å². The highest BCUT2D eigenvalue weighted by molar-refractivity contribution is 7.89. The van der Waals surface area contributed by atoms with Crippen LogP contribution in [-0.4, -0.2) is 28.0 Å². The van der Waals surface area contributed by atoms with E-state index in [0.717, 1.165) is 5.56 Å². The maximum atomic E-state index is 15.5. The van der Waals surface area contributed by atoms with Crippen molar-refractivity contribution in [2.24, 2.45) is 5.10 Å². The molecule has 0 radical (unpaired) electrons. The van der Waals surface area contributed by atoms with Gasteiger partial charge in [-0.3, -0.25) is 0 Å². The molecule has 4 rings (SSSR count). The van der Waals surface area contributed by atoms with Crippen molar-refractivity contribution in [3.8, 4) is 0 Å². The van der Waals surface area contributed by atoms with Gasteiger partial charge in [-0.1, -0.05) is 145 Å². The fraction of sp³-hybridized carbons (Fsp3) is 0.286. The van der Waals surface area contributed by atoms with E-state index in [9.17, 15) is 8.42 Å². The van der Waals surface area contributed by atoms with Gasteiger partial charge >= 0.3 is 6.18 Å². The van der Waals surface area contributed by atoms with E-state index in [0.29, 0.717) is 26.7 Å². The van der Waals surface area contributed by atoms with Crippen LogP contribution < -0.4 is 20.4 Å². The first-order chi connectivity index (χ1) is 20.7. The van der Waals surface area contributed by atoms with Gasteiger partial charge in [-0.2, -0.15) is 26.7 Å². The number of hydrogen-bond donors (Lipinski definition) is 1. The molecular formula is C35H39F3N2O2SSi. The van der Waals surface area contributed by atoms with E-state index in [2.05, 4.69) is 9.93 Å². The van der Waals surface area contributed by atoms with Crippen molar-refractivity contribution in [2.75, 3.05) is 0 Å². The molecule has 0 fully saturated rings. The lowest BCUT2D eigenvalue weighted by molar-refractivity contribution is -0.0565. The highest BCUT2D eigenvalue weighted by Crippen LogP contribution is 2.35. The maximum absolute atomic E-state index is 15.5. The number of benzene rings is 4. The minimum atomic E-state index is -4.97. The van der Waals surface area contributed by atoms with Crippen molar-refractivity contribution in [3.63, 3.8) is 0 Å². The molecule has 4 aromatic carbocycles. The van der Waals surface area contributed by atoms with Gasteiger partial charge < -0.3 is 0 Å². The molecule has 0 spiro atoms. The molecule has 0 saturated heterocycles. The van der Waals surface area contributed by atoms with Crippen molar-refractivity contribution in [1.82, 2.24) is 4.83 Å². The molecule has 0 atom stereocenters. The molecule has 4 nitrogen and oxygen atoms in total. The number of sulfonamides is 1. The lowest BCUT2D eigenvalue weighted by Gasteiger charge is -2.35. The van der Waals surface area contributed by atoms with Gasteiger partial charge in [0.05, 0.1) is 4.90 Å². The first-order valence-corrected chi connectivity index (χ1v) is 18.2. The zero-order valence-electron chi connectivity index (χ0n) is 25.9. The van der Waals surface area contributed by atoms with Gasteiger partial charge in [0.1, 0.15) is 5.33 Å². The summed E-state index contributed by atoms with van der Waals surface area (Å²) in [5.74, 6) is -0.260. The Morgan fingerprint density at radius 1 is 0.659 bits per heavy atom. The summed E-state index contributed by atoms with van der Waals surface area (Å²) in [6.07, 6.45) is -4.97. The minimum absolute atomic E-state index is 0.0106.